The first-order chi connectivity index (χ1) is 9.64. The fourth-order valence-corrected chi connectivity index (χ4v) is 2.80. The minimum absolute atomic E-state index is 0.475. The smallest absolute Gasteiger partial charge is 0.194 e. The molecule has 2 aromatic heterocycles. The van der Waals surface area contributed by atoms with Crippen molar-refractivity contribution in [2.75, 3.05) is 5.43 Å². The van der Waals surface area contributed by atoms with Gasteiger partial charge in [-0.3, -0.25) is 0 Å². The van der Waals surface area contributed by atoms with Crippen LogP contribution in [0.3, 0.4) is 0 Å². The third kappa shape index (κ3) is 3.05. The number of anilines is 1. The maximum absolute atomic E-state index is 5.47. The van der Waals surface area contributed by atoms with E-state index in [2.05, 4.69) is 25.4 Å². The number of nitrogen functional groups attached to an aromatic ring is 1. The van der Waals surface area contributed by atoms with Gasteiger partial charge in [0.05, 0.1) is 0 Å². The zero-order chi connectivity index (χ0) is 14.1. The van der Waals surface area contributed by atoms with Crippen LogP contribution in [0.5, 0.6) is 0 Å². The van der Waals surface area contributed by atoms with Crippen molar-refractivity contribution >= 4 is 17.6 Å². The predicted molar refractivity (Wildman–Crippen MR) is 77.4 cm³/mol. The first-order valence-electron chi connectivity index (χ1n) is 6.50. The molecule has 3 N–H and O–H groups in total. The van der Waals surface area contributed by atoms with Gasteiger partial charge in [0.25, 0.3) is 0 Å². The minimum Gasteiger partial charge on any atom is -0.308 e. The fraction of sp³-hybridized carbons (Fsp3) is 0.385. The van der Waals surface area contributed by atoms with Gasteiger partial charge in [0.2, 0.25) is 0 Å². The van der Waals surface area contributed by atoms with E-state index in [4.69, 9.17) is 5.84 Å². The third-order valence-electron chi connectivity index (χ3n) is 2.97. The number of nitrogens with one attached hydrogen (secondary N) is 1. The van der Waals surface area contributed by atoms with E-state index in [1.165, 1.54) is 11.8 Å². The van der Waals surface area contributed by atoms with Gasteiger partial charge in [-0.15, -0.1) is 0 Å². The number of hydrogen-bond donors (Lipinski definition) is 2. The van der Waals surface area contributed by atoms with Gasteiger partial charge in [-0.1, -0.05) is 0 Å². The first-order valence-corrected chi connectivity index (χ1v) is 7.31. The average molecular weight is 288 g/mol. The summed E-state index contributed by atoms with van der Waals surface area (Å²) in [5, 5.41) is 1.52. The molecule has 3 rings (SSSR count). The Morgan fingerprint density at radius 3 is 2.40 bits per heavy atom. The SMILES string of the molecule is Cc1cc(C)nc(Sc2cc(NN)nc(C3CC3)n2)n1. The van der Waals surface area contributed by atoms with Crippen LogP contribution in [0.1, 0.15) is 36.0 Å². The van der Waals surface area contributed by atoms with Crippen LogP contribution in [0.4, 0.5) is 5.82 Å². The van der Waals surface area contributed by atoms with Crippen molar-refractivity contribution in [3.63, 3.8) is 0 Å². The van der Waals surface area contributed by atoms with Gasteiger partial charge < -0.3 is 5.43 Å². The molecule has 1 saturated carbocycles. The molecule has 0 unspecified atom stereocenters. The van der Waals surface area contributed by atoms with E-state index in [1.54, 1.807) is 0 Å². The topological polar surface area (TPSA) is 89.6 Å². The van der Waals surface area contributed by atoms with Crippen molar-refractivity contribution in [2.45, 2.75) is 42.8 Å². The van der Waals surface area contributed by atoms with Crippen LogP contribution >= 0.6 is 11.8 Å². The standard InChI is InChI=1S/C13H16N6S/c1-7-5-8(2)16-13(15-7)20-11-6-10(19-14)17-12(18-11)9-3-4-9/h5-6,9H,3-4,14H2,1-2H3,(H,17,18,19). The molecular weight excluding hydrogens is 272 g/mol. The Kier molecular flexibility index (Phi) is 3.54. The monoisotopic (exact) mass is 288 g/mol. The van der Waals surface area contributed by atoms with Gasteiger partial charge in [0.15, 0.2) is 5.16 Å². The van der Waals surface area contributed by atoms with Crippen LogP contribution in [0.2, 0.25) is 0 Å². The molecule has 0 saturated heterocycles. The second kappa shape index (κ2) is 5.34. The van der Waals surface area contributed by atoms with E-state index >= 15 is 0 Å². The molecule has 0 aliphatic heterocycles. The summed E-state index contributed by atoms with van der Waals surface area (Å²) >= 11 is 1.44. The van der Waals surface area contributed by atoms with Crippen molar-refractivity contribution < 1.29 is 0 Å². The lowest BCUT2D eigenvalue weighted by molar-refractivity contribution is 0.865. The number of hydrazine groups is 1. The molecule has 104 valence electrons. The maximum atomic E-state index is 5.47. The van der Waals surface area contributed by atoms with E-state index in [1.807, 2.05) is 26.0 Å². The summed E-state index contributed by atoms with van der Waals surface area (Å²) in [5.41, 5.74) is 4.50. The van der Waals surface area contributed by atoms with E-state index in [-0.39, 0.29) is 0 Å². The van der Waals surface area contributed by atoms with E-state index < -0.39 is 0 Å². The summed E-state index contributed by atoms with van der Waals surface area (Å²) in [6, 6.07) is 3.77. The number of rotatable bonds is 4. The zero-order valence-corrected chi connectivity index (χ0v) is 12.2. The summed E-state index contributed by atoms with van der Waals surface area (Å²) in [5.74, 6) is 7.43. The molecule has 0 amide bonds. The molecule has 2 aromatic rings. The quantitative estimate of drug-likeness (QED) is 0.386. The van der Waals surface area contributed by atoms with Crippen molar-refractivity contribution in [1.82, 2.24) is 19.9 Å². The van der Waals surface area contributed by atoms with Crippen LogP contribution in [-0.2, 0) is 0 Å². The predicted octanol–water partition coefficient (Wildman–Crippen LogP) is 2.20. The van der Waals surface area contributed by atoms with Crippen molar-refractivity contribution in [3.05, 3.63) is 29.3 Å². The molecule has 0 spiro atoms. The number of hydrogen-bond acceptors (Lipinski definition) is 7. The lowest BCUT2D eigenvalue weighted by Gasteiger charge is -2.07. The van der Waals surface area contributed by atoms with Gasteiger partial charge in [0.1, 0.15) is 16.7 Å². The van der Waals surface area contributed by atoms with Crippen molar-refractivity contribution in [3.8, 4) is 0 Å². The Morgan fingerprint density at radius 1 is 1.10 bits per heavy atom. The molecule has 0 bridgehead atoms. The molecule has 0 radical (unpaired) electrons. The van der Waals surface area contributed by atoms with Crippen LogP contribution in [0, 0.1) is 13.8 Å². The van der Waals surface area contributed by atoms with E-state index in [0.29, 0.717) is 16.9 Å². The normalized spacial score (nSPS) is 14.3. The Morgan fingerprint density at radius 2 is 1.80 bits per heavy atom. The van der Waals surface area contributed by atoms with E-state index in [9.17, 15) is 0 Å². The summed E-state index contributed by atoms with van der Waals surface area (Å²) in [6.45, 7) is 3.92. The minimum atomic E-state index is 0.475. The molecule has 0 aromatic carbocycles. The first kappa shape index (κ1) is 13.3. The number of aryl methyl sites for hydroxylation is 2. The lowest BCUT2D eigenvalue weighted by Crippen LogP contribution is -2.10. The van der Waals surface area contributed by atoms with E-state index in [0.717, 1.165) is 35.1 Å². The molecule has 1 fully saturated rings. The molecule has 0 atom stereocenters. The highest BCUT2D eigenvalue weighted by Crippen LogP contribution is 2.39. The molecule has 6 nitrogen and oxygen atoms in total. The van der Waals surface area contributed by atoms with Gasteiger partial charge in [-0.25, -0.2) is 25.8 Å². The van der Waals surface area contributed by atoms with Crippen molar-refractivity contribution in [1.29, 1.82) is 0 Å². The number of nitrogens with two attached hydrogens (primary N) is 1. The fourth-order valence-electron chi connectivity index (χ4n) is 1.93. The Balaban J connectivity index is 1.90. The van der Waals surface area contributed by atoms with Gasteiger partial charge in [-0.2, -0.15) is 0 Å². The summed E-state index contributed by atoms with van der Waals surface area (Å²) < 4.78 is 0. The van der Waals surface area contributed by atoms with Crippen LogP contribution < -0.4 is 11.3 Å². The number of aromatic nitrogens is 4. The molecule has 7 heteroatoms. The summed E-state index contributed by atoms with van der Waals surface area (Å²) in [7, 11) is 0. The lowest BCUT2D eigenvalue weighted by atomic mass is 10.4. The number of nitrogens with zero attached hydrogens (tertiary/aromatic N) is 4. The largest absolute Gasteiger partial charge is 0.308 e. The second-order valence-electron chi connectivity index (χ2n) is 4.90. The Labute approximate surface area is 121 Å². The third-order valence-corrected chi connectivity index (χ3v) is 3.75. The molecular formula is C13H16N6S. The van der Waals surface area contributed by atoms with Crippen LogP contribution in [0.25, 0.3) is 0 Å². The van der Waals surface area contributed by atoms with Gasteiger partial charge >= 0.3 is 0 Å². The maximum Gasteiger partial charge on any atom is 0.194 e. The summed E-state index contributed by atoms with van der Waals surface area (Å²) in [4.78, 5) is 17.8. The van der Waals surface area contributed by atoms with Gasteiger partial charge in [-0.05, 0) is 44.5 Å². The zero-order valence-electron chi connectivity index (χ0n) is 11.4. The van der Waals surface area contributed by atoms with Gasteiger partial charge in [0, 0.05) is 23.4 Å². The highest BCUT2D eigenvalue weighted by Gasteiger charge is 2.27. The highest BCUT2D eigenvalue weighted by atomic mass is 32.2. The second-order valence-corrected chi connectivity index (χ2v) is 5.89. The Hall–Kier alpha value is -1.73. The van der Waals surface area contributed by atoms with Crippen LogP contribution in [0.15, 0.2) is 22.3 Å². The van der Waals surface area contributed by atoms with Crippen molar-refractivity contribution in [2.24, 2.45) is 5.84 Å². The molecule has 1 aliphatic carbocycles. The summed E-state index contributed by atoms with van der Waals surface area (Å²) in [6.07, 6.45) is 2.30. The Bertz CT molecular complexity index is 621. The molecule has 2 heterocycles. The highest BCUT2D eigenvalue weighted by molar-refractivity contribution is 7.99. The van der Waals surface area contributed by atoms with Crippen LogP contribution in [-0.4, -0.2) is 19.9 Å². The molecule has 1 aliphatic rings. The molecule has 20 heavy (non-hydrogen) atoms. The average Bonchev–Trinajstić information content (AvgIpc) is 3.21.